The minimum absolute atomic E-state index is 0.0266. The van der Waals surface area contributed by atoms with Crippen LogP contribution in [0.5, 0.6) is 0 Å². The van der Waals surface area contributed by atoms with Gasteiger partial charge in [-0.05, 0) is 24.8 Å². The molecule has 0 amide bonds. The van der Waals surface area contributed by atoms with E-state index in [-0.39, 0.29) is 11.2 Å². The Hall–Kier alpha value is -0.330. The van der Waals surface area contributed by atoms with Crippen LogP contribution < -0.4 is 0 Å². The molecule has 0 nitrogen and oxygen atoms in total. The molecule has 0 aliphatic heterocycles. The van der Waals surface area contributed by atoms with Crippen molar-refractivity contribution in [1.29, 1.82) is 0 Å². The molecule has 0 heterocycles. The summed E-state index contributed by atoms with van der Waals surface area (Å²) >= 11 is 0. The summed E-state index contributed by atoms with van der Waals surface area (Å²) < 4.78 is 12.2. The Morgan fingerprint density at radius 2 is 2.00 bits per heavy atom. The lowest BCUT2D eigenvalue weighted by molar-refractivity contribution is 0.445. The van der Waals surface area contributed by atoms with Crippen molar-refractivity contribution in [3.63, 3.8) is 0 Å². The van der Waals surface area contributed by atoms with E-state index in [9.17, 15) is 4.39 Å². The lowest BCUT2D eigenvalue weighted by Gasteiger charge is -2.16. The number of rotatable bonds is 2. The summed E-state index contributed by atoms with van der Waals surface area (Å²) in [5.41, 5.74) is 0.0266. The summed E-state index contributed by atoms with van der Waals surface area (Å²) in [6.07, 6.45) is 2.64. The third kappa shape index (κ3) is 4.19. The maximum absolute atomic E-state index is 12.2. The van der Waals surface area contributed by atoms with Gasteiger partial charge in [-0.25, -0.2) is 4.39 Å². The van der Waals surface area contributed by atoms with Crippen molar-refractivity contribution in [3.05, 3.63) is 11.9 Å². The molecule has 0 saturated carbocycles. The average Bonchev–Trinajstić information content (AvgIpc) is 1.63. The fourth-order valence-electron chi connectivity index (χ4n) is 0.640. The molecule has 0 aliphatic rings. The molecule has 1 heteroatoms. The quantitative estimate of drug-likeness (QED) is 0.538. The fourth-order valence-corrected chi connectivity index (χ4v) is 0.640. The summed E-state index contributed by atoms with van der Waals surface area (Å²) in [6, 6.07) is 0. The van der Waals surface area contributed by atoms with Gasteiger partial charge in [-0.3, -0.25) is 0 Å². The predicted octanol–water partition coefficient (Wildman–Crippen LogP) is 3.30. The van der Waals surface area contributed by atoms with Crippen molar-refractivity contribution in [2.75, 3.05) is 0 Å². The molecule has 0 aliphatic carbocycles. The molecule has 0 atom stereocenters. The smallest absolute Gasteiger partial charge is 0.0934 e. The summed E-state index contributed by atoms with van der Waals surface area (Å²) in [5.74, 6) is -0.0816. The molecule has 54 valence electrons. The molecule has 0 unspecified atom stereocenters. The second-order valence-electron chi connectivity index (χ2n) is 3.07. The molecular weight excluding hydrogens is 115 g/mol. The van der Waals surface area contributed by atoms with E-state index in [0.717, 1.165) is 6.42 Å². The van der Waals surface area contributed by atoms with Gasteiger partial charge in [-0.15, -0.1) is 0 Å². The van der Waals surface area contributed by atoms with Gasteiger partial charge in [0.2, 0.25) is 0 Å². The van der Waals surface area contributed by atoms with Crippen LogP contribution >= 0.6 is 0 Å². The van der Waals surface area contributed by atoms with Gasteiger partial charge in [0.1, 0.15) is 0 Å². The zero-order chi connectivity index (χ0) is 7.49. The summed E-state index contributed by atoms with van der Waals surface area (Å²) in [5, 5.41) is 0. The normalized spacial score (nSPS) is 14.1. The molecule has 9 heavy (non-hydrogen) atoms. The molecular formula is C8H15F. The van der Waals surface area contributed by atoms with Crippen molar-refractivity contribution in [3.8, 4) is 0 Å². The molecule has 0 saturated heterocycles. The van der Waals surface area contributed by atoms with Crippen LogP contribution in [-0.4, -0.2) is 0 Å². The number of allylic oxidation sites excluding steroid dienone is 2. The molecule has 0 aromatic rings. The highest BCUT2D eigenvalue weighted by atomic mass is 19.1. The van der Waals surface area contributed by atoms with Crippen LogP contribution in [0.2, 0.25) is 0 Å². The molecule has 0 radical (unpaired) electrons. The highest BCUT2D eigenvalue weighted by Gasteiger charge is 2.10. The van der Waals surface area contributed by atoms with Crippen molar-refractivity contribution in [2.24, 2.45) is 5.41 Å². The van der Waals surface area contributed by atoms with Crippen LogP contribution in [0.1, 0.15) is 34.1 Å². The van der Waals surface area contributed by atoms with Gasteiger partial charge in [-0.2, -0.15) is 0 Å². The van der Waals surface area contributed by atoms with Gasteiger partial charge < -0.3 is 0 Å². The third-order valence-corrected chi connectivity index (χ3v) is 1.50. The highest BCUT2D eigenvalue weighted by Crippen LogP contribution is 2.23. The number of hydrogen-bond acceptors (Lipinski definition) is 0. The van der Waals surface area contributed by atoms with E-state index in [1.807, 2.05) is 13.8 Å². The van der Waals surface area contributed by atoms with Crippen molar-refractivity contribution in [1.82, 2.24) is 0 Å². The topological polar surface area (TPSA) is 0 Å². The van der Waals surface area contributed by atoms with E-state index < -0.39 is 0 Å². The van der Waals surface area contributed by atoms with Gasteiger partial charge in [0, 0.05) is 0 Å². The zero-order valence-electron chi connectivity index (χ0n) is 6.66. The first-order valence-corrected chi connectivity index (χ1v) is 3.33. The maximum atomic E-state index is 12.2. The summed E-state index contributed by atoms with van der Waals surface area (Å²) in [6.45, 7) is 7.59. The third-order valence-electron chi connectivity index (χ3n) is 1.50. The Morgan fingerprint density at radius 3 is 2.11 bits per heavy atom. The second kappa shape index (κ2) is 3.00. The fraction of sp³-hybridized carbons (Fsp3) is 0.750. The summed E-state index contributed by atoms with van der Waals surface area (Å²) in [7, 11) is 0. The SMILES string of the molecule is CCC(C)(C)/C=C(\C)F. The van der Waals surface area contributed by atoms with E-state index in [1.54, 1.807) is 6.08 Å². The predicted molar refractivity (Wildman–Crippen MR) is 38.9 cm³/mol. The van der Waals surface area contributed by atoms with Crippen LogP contribution in [0.25, 0.3) is 0 Å². The van der Waals surface area contributed by atoms with Crippen LogP contribution in [0.4, 0.5) is 4.39 Å². The molecule has 0 spiro atoms. The van der Waals surface area contributed by atoms with Gasteiger partial charge in [-0.1, -0.05) is 20.8 Å². The second-order valence-corrected chi connectivity index (χ2v) is 3.07. The van der Waals surface area contributed by atoms with Crippen LogP contribution in [0.3, 0.4) is 0 Å². The largest absolute Gasteiger partial charge is 0.212 e. The highest BCUT2D eigenvalue weighted by molar-refractivity contribution is 4.97. The summed E-state index contributed by atoms with van der Waals surface area (Å²) in [4.78, 5) is 0. The Labute approximate surface area is 56.8 Å². The van der Waals surface area contributed by atoms with Gasteiger partial charge in [0.25, 0.3) is 0 Å². The maximum Gasteiger partial charge on any atom is 0.0934 e. The molecule has 0 bridgehead atoms. The standard InChI is InChI=1S/C8H15F/c1-5-8(3,4)6-7(2)9/h6H,5H2,1-4H3/b7-6+. The molecule has 0 aromatic carbocycles. The van der Waals surface area contributed by atoms with E-state index in [1.165, 1.54) is 6.92 Å². The Bertz CT molecular complexity index is 108. The minimum atomic E-state index is -0.0816. The van der Waals surface area contributed by atoms with Gasteiger partial charge in [0.05, 0.1) is 5.83 Å². The van der Waals surface area contributed by atoms with Gasteiger partial charge >= 0.3 is 0 Å². The van der Waals surface area contributed by atoms with E-state index in [0.29, 0.717) is 0 Å². The number of halogens is 1. The minimum Gasteiger partial charge on any atom is -0.212 e. The Balaban J connectivity index is 4.01. The molecule has 0 aromatic heterocycles. The first-order valence-electron chi connectivity index (χ1n) is 3.33. The number of hydrogen-bond donors (Lipinski definition) is 0. The van der Waals surface area contributed by atoms with E-state index in [4.69, 9.17) is 0 Å². The Morgan fingerprint density at radius 1 is 1.56 bits per heavy atom. The van der Waals surface area contributed by atoms with Crippen molar-refractivity contribution >= 4 is 0 Å². The average molecular weight is 130 g/mol. The van der Waals surface area contributed by atoms with Crippen LogP contribution in [0.15, 0.2) is 11.9 Å². The first kappa shape index (κ1) is 8.67. The molecule has 0 N–H and O–H groups in total. The van der Waals surface area contributed by atoms with Crippen LogP contribution in [-0.2, 0) is 0 Å². The van der Waals surface area contributed by atoms with Crippen molar-refractivity contribution in [2.45, 2.75) is 34.1 Å². The molecule has 0 rings (SSSR count). The lowest BCUT2D eigenvalue weighted by atomic mass is 9.90. The first-order chi connectivity index (χ1) is 3.98. The van der Waals surface area contributed by atoms with E-state index in [2.05, 4.69) is 6.92 Å². The monoisotopic (exact) mass is 130 g/mol. The lowest BCUT2D eigenvalue weighted by Crippen LogP contribution is -2.04. The molecule has 0 fully saturated rings. The van der Waals surface area contributed by atoms with Crippen LogP contribution in [0, 0.1) is 5.41 Å². The van der Waals surface area contributed by atoms with Crippen molar-refractivity contribution < 1.29 is 4.39 Å². The van der Waals surface area contributed by atoms with Gasteiger partial charge in [0.15, 0.2) is 0 Å². The Kier molecular flexibility index (Phi) is 2.89. The van der Waals surface area contributed by atoms with E-state index >= 15 is 0 Å². The zero-order valence-corrected chi connectivity index (χ0v) is 6.66.